The molecule has 1 saturated carbocycles. The fourth-order valence-electron chi connectivity index (χ4n) is 6.49. The van der Waals surface area contributed by atoms with Crippen molar-refractivity contribution in [1.29, 1.82) is 0 Å². The number of anilines is 2. The largest absolute Gasteiger partial charge is 0.482 e. The van der Waals surface area contributed by atoms with Crippen LogP contribution in [0.4, 0.5) is 15.9 Å². The number of fused-ring (bicyclic) bond motifs is 3. The van der Waals surface area contributed by atoms with Crippen molar-refractivity contribution in [2.75, 3.05) is 43.1 Å². The zero-order chi connectivity index (χ0) is 26.2. The number of aromatic amines is 1. The van der Waals surface area contributed by atoms with Gasteiger partial charge in [0.2, 0.25) is 0 Å². The van der Waals surface area contributed by atoms with Gasteiger partial charge in [-0.3, -0.25) is 9.89 Å². The fraction of sp³-hybridized carbons (Fsp3) is 0.333. The third-order valence-corrected chi connectivity index (χ3v) is 8.90. The van der Waals surface area contributed by atoms with Crippen LogP contribution in [-0.2, 0) is 10.2 Å². The third kappa shape index (κ3) is 3.19. The van der Waals surface area contributed by atoms with Crippen molar-refractivity contribution < 1.29 is 13.9 Å². The maximum Gasteiger partial charge on any atom is 0.264 e. The summed E-state index contributed by atoms with van der Waals surface area (Å²) >= 11 is 6.73. The Morgan fingerprint density at radius 1 is 1.26 bits per heavy atom. The number of nitrogens with one attached hydrogen (secondary N) is 1. The van der Waals surface area contributed by atoms with Crippen molar-refractivity contribution in [3.63, 3.8) is 0 Å². The summed E-state index contributed by atoms with van der Waals surface area (Å²) in [6.45, 7) is 1.91. The van der Waals surface area contributed by atoms with E-state index in [0.717, 1.165) is 30.9 Å². The molecule has 2 aromatic carbocycles. The van der Waals surface area contributed by atoms with Crippen LogP contribution in [0.3, 0.4) is 0 Å². The number of hydrogen-bond donors (Lipinski definition) is 2. The topological polar surface area (TPSA) is 113 Å². The molecule has 1 aliphatic carbocycles. The molecule has 1 amide bonds. The normalized spacial score (nSPS) is 24.3. The summed E-state index contributed by atoms with van der Waals surface area (Å²) in [5.41, 5.74) is 9.42. The molecule has 4 aromatic rings. The van der Waals surface area contributed by atoms with E-state index in [1.54, 1.807) is 25.4 Å². The number of rotatable bonds is 4. The average molecular weight is 534 g/mol. The predicted molar refractivity (Wildman–Crippen MR) is 142 cm³/mol. The van der Waals surface area contributed by atoms with E-state index in [2.05, 4.69) is 15.1 Å². The van der Waals surface area contributed by atoms with Crippen LogP contribution in [0.1, 0.15) is 12.0 Å². The lowest BCUT2D eigenvalue weighted by Gasteiger charge is -2.27. The van der Waals surface area contributed by atoms with Gasteiger partial charge in [0.15, 0.2) is 12.3 Å². The minimum Gasteiger partial charge on any atom is -0.482 e. The number of piperidine rings is 1. The first-order valence-electron chi connectivity index (χ1n) is 12.6. The van der Waals surface area contributed by atoms with Crippen molar-refractivity contribution in [2.45, 2.75) is 11.8 Å². The molecular weight excluding hydrogens is 509 g/mol. The van der Waals surface area contributed by atoms with E-state index in [0.29, 0.717) is 51.3 Å². The maximum atomic E-state index is 14.7. The van der Waals surface area contributed by atoms with Gasteiger partial charge in [0.1, 0.15) is 34.3 Å². The minimum atomic E-state index is -0.333. The summed E-state index contributed by atoms with van der Waals surface area (Å²) in [6.07, 6.45) is 2.64. The molecule has 1 saturated heterocycles. The van der Waals surface area contributed by atoms with Gasteiger partial charge in [0.25, 0.3) is 5.91 Å². The van der Waals surface area contributed by atoms with E-state index < -0.39 is 0 Å². The van der Waals surface area contributed by atoms with Crippen LogP contribution in [0.15, 0.2) is 42.6 Å². The van der Waals surface area contributed by atoms with Gasteiger partial charge in [-0.25, -0.2) is 14.4 Å². The summed E-state index contributed by atoms with van der Waals surface area (Å²) in [4.78, 5) is 25.3. The van der Waals surface area contributed by atoms with Gasteiger partial charge >= 0.3 is 0 Å². The van der Waals surface area contributed by atoms with E-state index in [4.69, 9.17) is 32.0 Å². The highest BCUT2D eigenvalue weighted by molar-refractivity contribution is 6.37. The summed E-state index contributed by atoms with van der Waals surface area (Å²) in [6, 6.07) is 10.6. The molecule has 38 heavy (non-hydrogen) atoms. The molecule has 0 unspecified atom stereocenters. The van der Waals surface area contributed by atoms with Gasteiger partial charge in [-0.1, -0.05) is 29.8 Å². The molecule has 2 aliphatic heterocycles. The molecule has 4 heterocycles. The summed E-state index contributed by atoms with van der Waals surface area (Å²) in [5.74, 6) is 1.52. The van der Waals surface area contributed by atoms with Crippen molar-refractivity contribution in [3.8, 4) is 17.0 Å². The monoisotopic (exact) mass is 533 g/mol. The van der Waals surface area contributed by atoms with Crippen molar-refractivity contribution in [3.05, 3.63) is 59.0 Å². The average Bonchev–Trinajstić information content (AvgIpc) is 3.40. The Bertz CT molecular complexity index is 1610. The molecule has 9 nitrogen and oxygen atoms in total. The highest BCUT2D eigenvalue weighted by Gasteiger charge is 2.66. The SMILES string of the molecule is CN1C(=O)COc2ccc(-c3n[nH]c4nc(N5CC[C@@H]6[C@H](C5)[C@@]6(CN)c5ccccc5F)cnc34)c(Cl)c21. The number of carbonyl (C=O) groups is 1. The fourth-order valence-corrected chi connectivity index (χ4v) is 6.86. The molecule has 0 bridgehead atoms. The molecule has 3 N–H and O–H groups in total. The number of aromatic nitrogens is 4. The first-order chi connectivity index (χ1) is 18.4. The number of nitrogens with zero attached hydrogens (tertiary/aromatic N) is 5. The maximum absolute atomic E-state index is 14.7. The lowest BCUT2D eigenvalue weighted by Crippen LogP contribution is -2.35. The Balaban J connectivity index is 1.19. The van der Waals surface area contributed by atoms with Gasteiger partial charge in [-0.05, 0) is 42.0 Å². The van der Waals surface area contributed by atoms with Crippen LogP contribution in [0.25, 0.3) is 22.4 Å². The van der Waals surface area contributed by atoms with Crippen LogP contribution in [0.2, 0.25) is 5.02 Å². The zero-order valence-corrected chi connectivity index (χ0v) is 21.4. The van der Waals surface area contributed by atoms with Crippen molar-refractivity contribution in [2.24, 2.45) is 17.6 Å². The molecule has 3 aliphatic rings. The predicted octanol–water partition coefficient (Wildman–Crippen LogP) is 3.52. The lowest BCUT2D eigenvalue weighted by molar-refractivity contribution is -0.120. The van der Waals surface area contributed by atoms with Gasteiger partial charge in [-0.15, -0.1) is 0 Å². The number of halogens is 2. The molecule has 194 valence electrons. The summed E-state index contributed by atoms with van der Waals surface area (Å²) in [5, 5.41) is 7.81. The number of amides is 1. The molecule has 0 radical (unpaired) electrons. The van der Waals surface area contributed by atoms with Gasteiger partial charge in [0.05, 0.1) is 11.2 Å². The van der Waals surface area contributed by atoms with E-state index in [1.807, 2.05) is 18.2 Å². The highest BCUT2D eigenvalue weighted by atomic mass is 35.5. The molecular formula is C27H25ClFN7O2. The second-order valence-corrected chi connectivity index (χ2v) is 10.6. The number of hydrogen-bond acceptors (Lipinski definition) is 7. The zero-order valence-electron chi connectivity index (χ0n) is 20.6. The van der Waals surface area contributed by atoms with E-state index in [-0.39, 0.29) is 29.7 Å². The Labute approximate surface area is 222 Å². The standard InChI is InChI=1S/C27H25ClFN7O2/c1-35-21(37)12-38-19-7-6-14(22(28)25(19)35)23-24-26(34-33-23)32-20(10-31-24)36-9-8-15-17(11-36)27(15,13-30)16-4-2-3-5-18(16)29/h2-7,10,15,17H,8-9,11-13,30H2,1H3,(H,32,33,34)/t15-,17+,27-/m1/s1. The Kier molecular flexibility index (Phi) is 5.15. The van der Waals surface area contributed by atoms with Crippen molar-refractivity contribution >= 4 is 40.2 Å². The molecule has 2 aromatic heterocycles. The van der Waals surface area contributed by atoms with E-state index in [1.165, 1.54) is 11.0 Å². The van der Waals surface area contributed by atoms with Gasteiger partial charge in [0, 0.05) is 37.7 Å². The first kappa shape index (κ1) is 23.4. The molecule has 11 heteroatoms. The molecule has 7 rings (SSSR count). The van der Waals surface area contributed by atoms with Crippen LogP contribution in [0, 0.1) is 17.7 Å². The van der Waals surface area contributed by atoms with Gasteiger partial charge < -0.3 is 20.3 Å². The molecule has 2 fully saturated rings. The van der Waals surface area contributed by atoms with E-state index in [9.17, 15) is 9.18 Å². The quantitative estimate of drug-likeness (QED) is 0.412. The van der Waals surface area contributed by atoms with Crippen LogP contribution in [-0.4, -0.2) is 59.4 Å². The lowest BCUT2D eigenvalue weighted by atomic mass is 9.91. The Morgan fingerprint density at radius 2 is 2.11 bits per heavy atom. The molecule has 0 spiro atoms. The number of nitrogens with two attached hydrogens (primary N) is 1. The number of ether oxygens (including phenoxy) is 1. The highest BCUT2D eigenvalue weighted by Crippen LogP contribution is 2.63. The smallest absolute Gasteiger partial charge is 0.264 e. The first-order valence-corrected chi connectivity index (χ1v) is 12.9. The van der Waals surface area contributed by atoms with E-state index >= 15 is 0 Å². The number of H-pyrrole nitrogens is 1. The number of likely N-dealkylation sites (N-methyl/N-ethyl adjacent to an activating group) is 1. The minimum absolute atomic E-state index is 0.0242. The Hall–Kier alpha value is -3.76. The Morgan fingerprint density at radius 3 is 2.92 bits per heavy atom. The molecule has 3 atom stereocenters. The van der Waals surface area contributed by atoms with Crippen LogP contribution >= 0.6 is 11.6 Å². The number of benzene rings is 2. The second-order valence-electron chi connectivity index (χ2n) is 10.2. The van der Waals surface area contributed by atoms with Crippen molar-refractivity contribution in [1.82, 2.24) is 20.2 Å². The van der Waals surface area contributed by atoms with Crippen LogP contribution in [0.5, 0.6) is 5.75 Å². The summed E-state index contributed by atoms with van der Waals surface area (Å²) in [7, 11) is 1.67. The van der Waals surface area contributed by atoms with Gasteiger partial charge in [-0.2, -0.15) is 5.10 Å². The number of carbonyl (C=O) groups excluding carboxylic acids is 1. The second kappa shape index (κ2) is 8.37. The third-order valence-electron chi connectivity index (χ3n) is 8.52. The summed E-state index contributed by atoms with van der Waals surface area (Å²) < 4.78 is 20.2. The van der Waals surface area contributed by atoms with Crippen LogP contribution < -0.4 is 20.3 Å².